The molecule has 0 unspecified atom stereocenters. The van der Waals surface area contributed by atoms with Gasteiger partial charge in [0.05, 0.1) is 0 Å². The van der Waals surface area contributed by atoms with Gasteiger partial charge in [-0.15, -0.1) is 8.78 Å². The Balaban J connectivity index is 1.65. The number of pyridine rings is 1. The first-order valence-corrected chi connectivity index (χ1v) is 7.25. The number of alkyl halides is 2. The van der Waals surface area contributed by atoms with Crippen LogP contribution in [0, 0.1) is 0 Å². The van der Waals surface area contributed by atoms with Gasteiger partial charge in [-0.1, -0.05) is 11.6 Å². The third-order valence-electron chi connectivity index (χ3n) is 2.87. The highest BCUT2D eigenvalue weighted by atomic mass is 35.5. The van der Waals surface area contributed by atoms with Crippen LogP contribution < -0.4 is 20.1 Å². The second-order valence-electron chi connectivity index (χ2n) is 4.60. The van der Waals surface area contributed by atoms with E-state index in [0.717, 1.165) is 0 Å². The first-order chi connectivity index (χ1) is 11.3. The van der Waals surface area contributed by atoms with E-state index in [1.165, 1.54) is 36.5 Å². The summed E-state index contributed by atoms with van der Waals surface area (Å²) in [5, 5.41) is 5.25. The van der Waals surface area contributed by atoms with Gasteiger partial charge in [0.2, 0.25) is 0 Å². The van der Waals surface area contributed by atoms with E-state index in [1.54, 1.807) is 0 Å². The molecule has 0 saturated heterocycles. The van der Waals surface area contributed by atoms with Crippen molar-refractivity contribution in [2.24, 2.45) is 0 Å². The van der Waals surface area contributed by atoms with Gasteiger partial charge in [0, 0.05) is 23.5 Å². The molecule has 10 heteroatoms. The van der Waals surface area contributed by atoms with Crippen molar-refractivity contribution in [1.29, 1.82) is 0 Å². The van der Waals surface area contributed by atoms with E-state index in [9.17, 15) is 13.6 Å². The molecule has 0 atom stereocenters. The summed E-state index contributed by atoms with van der Waals surface area (Å²) in [6, 6.07) is 6.86. The quantitative estimate of drug-likeness (QED) is 0.624. The van der Waals surface area contributed by atoms with Crippen molar-refractivity contribution in [3.05, 3.63) is 47.2 Å². The molecule has 1 amide bonds. The van der Waals surface area contributed by atoms with Crippen LogP contribution in [0.1, 0.15) is 10.4 Å². The lowest BCUT2D eigenvalue weighted by Crippen LogP contribution is -2.34. The number of nitrogens with zero attached hydrogens (tertiary/aromatic N) is 1. The molecule has 3 rings (SSSR count). The summed E-state index contributed by atoms with van der Waals surface area (Å²) in [5.74, 6) is -0.726. The Morgan fingerprint density at radius 3 is 2.71 bits per heavy atom. The Labute approximate surface area is 144 Å². The van der Waals surface area contributed by atoms with Gasteiger partial charge in [-0.2, -0.15) is 0 Å². The summed E-state index contributed by atoms with van der Waals surface area (Å²) in [7, 11) is 0. The number of halogens is 3. The van der Waals surface area contributed by atoms with Crippen LogP contribution in [0.2, 0.25) is 5.15 Å². The third-order valence-corrected chi connectivity index (χ3v) is 3.29. The maximum atomic E-state index is 13.0. The number of ether oxygens (including phenoxy) is 2. The molecule has 0 fully saturated rings. The van der Waals surface area contributed by atoms with Crippen molar-refractivity contribution in [3.63, 3.8) is 0 Å². The van der Waals surface area contributed by atoms with Gasteiger partial charge in [-0.25, -0.2) is 4.98 Å². The first-order valence-electron chi connectivity index (χ1n) is 6.46. The zero-order chi connectivity index (χ0) is 17.3. The molecule has 0 saturated carbocycles. The number of carbonyl (C=O) groups excluding carboxylic acids is 1. The number of anilines is 1. The molecule has 1 aromatic heterocycles. The van der Waals surface area contributed by atoms with Gasteiger partial charge in [-0.3, -0.25) is 10.1 Å². The van der Waals surface area contributed by atoms with Crippen molar-refractivity contribution in [2.45, 2.75) is 6.29 Å². The fraction of sp³-hybridized carbons (Fsp3) is 0.0714. The lowest BCUT2D eigenvalue weighted by molar-refractivity contribution is -0.286. The van der Waals surface area contributed by atoms with E-state index >= 15 is 0 Å². The van der Waals surface area contributed by atoms with Crippen LogP contribution in [0.5, 0.6) is 11.5 Å². The number of hydrogen-bond donors (Lipinski definition) is 2. The molecule has 6 nitrogen and oxygen atoms in total. The van der Waals surface area contributed by atoms with E-state index in [-0.39, 0.29) is 27.3 Å². The predicted molar refractivity (Wildman–Crippen MR) is 85.6 cm³/mol. The van der Waals surface area contributed by atoms with E-state index < -0.39 is 12.2 Å². The normalized spacial score (nSPS) is 14.1. The highest BCUT2D eigenvalue weighted by Crippen LogP contribution is 2.42. The highest BCUT2D eigenvalue weighted by Gasteiger charge is 2.43. The first kappa shape index (κ1) is 16.3. The van der Waals surface area contributed by atoms with Crippen LogP contribution in [0.15, 0.2) is 36.5 Å². The summed E-state index contributed by atoms with van der Waals surface area (Å²) in [6.45, 7) is 0. The zero-order valence-corrected chi connectivity index (χ0v) is 13.3. The van der Waals surface area contributed by atoms with Gasteiger partial charge < -0.3 is 14.8 Å². The Kier molecular flexibility index (Phi) is 4.20. The fourth-order valence-electron chi connectivity index (χ4n) is 1.91. The van der Waals surface area contributed by atoms with Crippen LogP contribution in [-0.4, -0.2) is 22.3 Å². The Hall–Kier alpha value is -2.52. The maximum Gasteiger partial charge on any atom is 0.586 e. The summed E-state index contributed by atoms with van der Waals surface area (Å²) in [4.78, 5) is 15.8. The second kappa shape index (κ2) is 6.17. The largest absolute Gasteiger partial charge is 0.586 e. The molecule has 1 aromatic carbocycles. The summed E-state index contributed by atoms with van der Waals surface area (Å²) in [5.41, 5.74) is 0.609. The number of fused-ring (bicyclic) bond motifs is 1. The van der Waals surface area contributed by atoms with Crippen molar-refractivity contribution in [3.8, 4) is 11.5 Å². The molecule has 124 valence electrons. The van der Waals surface area contributed by atoms with E-state index in [4.69, 9.17) is 23.8 Å². The number of benzene rings is 1. The monoisotopic (exact) mass is 371 g/mol. The van der Waals surface area contributed by atoms with E-state index in [0.29, 0.717) is 5.69 Å². The molecule has 0 spiro atoms. The number of nitrogens with one attached hydrogen (secondary N) is 2. The van der Waals surface area contributed by atoms with Crippen molar-refractivity contribution < 1.29 is 23.0 Å². The SMILES string of the molecule is O=C(NC(=S)Nc1ccc2c(c1)OC(F)(F)O2)c1ccnc(Cl)c1. The van der Waals surface area contributed by atoms with E-state index in [2.05, 4.69) is 25.1 Å². The molecule has 24 heavy (non-hydrogen) atoms. The number of hydrogen-bond acceptors (Lipinski definition) is 5. The molecule has 0 radical (unpaired) electrons. The number of carbonyl (C=O) groups is 1. The minimum Gasteiger partial charge on any atom is -0.395 e. The number of aromatic nitrogens is 1. The summed E-state index contributed by atoms with van der Waals surface area (Å²) >= 11 is 10.7. The Bertz CT molecular complexity index is 835. The van der Waals surface area contributed by atoms with Gasteiger partial charge in [-0.05, 0) is 36.5 Å². The van der Waals surface area contributed by atoms with Crippen LogP contribution in [0.4, 0.5) is 14.5 Å². The number of thiocarbonyl (C=S) groups is 1. The molecular weight excluding hydrogens is 364 g/mol. The van der Waals surface area contributed by atoms with Gasteiger partial charge in [0.15, 0.2) is 16.6 Å². The molecule has 2 N–H and O–H groups in total. The maximum absolute atomic E-state index is 13.0. The third kappa shape index (κ3) is 3.69. The lowest BCUT2D eigenvalue weighted by Gasteiger charge is -2.10. The fourth-order valence-corrected chi connectivity index (χ4v) is 2.29. The number of rotatable bonds is 2. The van der Waals surface area contributed by atoms with Crippen LogP contribution in [0.3, 0.4) is 0 Å². The summed E-state index contributed by atoms with van der Waals surface area (Å²) in [6.07, 6.45) is -2.32. The molecule has 1 aliphatic rings. The average molecular weight is 372 g/mol. The minimum atomic E-state index is -3.70. The average Bonchev–Trinajstić information content (AvgIpc) is 2.80. The summed E-state index contributed by atoms with van der Waals surface area (Å²) < 4.78 is 34.5. The van der Waals surface area contributed by atoms with Gasteiger partial charge in [0.1, 0.15) is 5.15 Å². The molecular formula is C14H8ClF2N3O3S. The highest BCUT2D eigenvalue weighted by molar-refractivity contribution is 7.80. The molecule has 2 aromatic rings. The Morgan fingerprint density at radius 2 is 1.96 bits per heavy atom. The number of amides is 1. The smallest absolute Gasteiger partial charge is 0.395 e. The standard InChI is InChI=1S/C14H8ClF2N3O3S/c15-11-5-7(3-4-18-11)12(21)20-13(24)19-8-1-2-9-10(6-8)23-14(16,17)22-9/h1-6H,(H2,19,20,21,24). The van der Waals surface area contributed by atoms with Crippen LogP contribution in [-0.2, 0) is 0 Å². The second-order valence-corrected chi connectivity index (χ2v) is 5.40. The van der Waals surface area contributed by atoms with Gasteiger partial charge in [0.25, 0.3) is 5.91 Å². The molecule has 0 aliphatic carbocycles. The van der Waals surface area contributed by atoms with Crippen LogP contribution in [0.25, 0.3) is 0 Å². The van der Waals surface area contributed by atoms with Crippen LogP contribution >= 0.6 is 23.8 Å². The minimum absolute atomic E-state index is 0.0291. The molecule has 0 bridgehead atoms. The zero-order valence-electron chi connectivity index (χ0n) is 11.7. The van der Waals surface area contributed by atoms with Crippen molar-refractivity contribution in [2.75, 3.05) is 5.32 Å². The molecule has 1 aliphatic heterocycles. The topological polar surface area (TPSA) is 72.5 Å². The Morgan fingerprint density at radius 1 is 1.21 bits per heavy atom. The van der Waals surface area contributed by atoms with Crippen molar-refractivity contribution >= 4 is 40.5 Å². The lowest BCUT2D eigenvalue weighted by atomic mass is 10.2. The van der Waals surface area contributed by atoms with E-state index in [1.807, 2.05) is 0 Å². The molecule has 2 heterocycles. The predicted octanol–water partition coefficient (Wildman–Crippen LogP) is 3.18. The van der Waals surface area contributed by atoms with Gasteiger partial charge >= 0.3 is 6.29 Å². The van der Waals surface area contributed by atoms with Crippen molar-refractivity contribution in [1.82, 2.24) is 10.3 Å².